The normalized spacial score (nSPS) is 17.6. The van der Waals surface area contributed by atoms with Crippen molar-refractivity contribution in [3.63, 3.8) is 0 Å². The van der Waals surface area contributed by atoms with Crippen LogP contribution in [0.4, 0.5) is 0 Å². The van der Waals surface area contributed by atoms with Crippen LogP contribution in [0.15, 0.2) is 54.6 Å². The Kier molecular flexibility index (Phi) is 8.68. The molecule has 0 radical (unpaired) electrons. The topological polar surface area (TPSA) is 56.8 Å². The molecule has 156 valence electrons. The summed E-state index contributed by atoms with van der Waals surface area (Å²) in [6.07, 6.45) is 2.93. The lowest BCUT2D eigenvalue weighted by Crippen LogP contribution is -2.36. The Morgan fingerprint density at radius 3 is 2.41 bits per heavy atom. The molecule has 0 aliphatic carbocycles. The number of hydrogen-bond donors (Lipinski definition) is 1. The fraction of sp³-hybridized carbons (Fsp3) is 0.458. The maximum Gasteiger partial charge on any atom is 0.249 e. The lowest BCUT2D eigenvalue weighted by atomic mass is 10.1. The summed E-state index contributed by atoms with van der Waals surface area (Å²) in [4.78, 5) is 12.2. The molecule has 0 bridgehead atoms. The van der Waals surface area contributed by atoms with Crippen LogP contribution in [0.25, 0.3) is 0 Å². The molecule has 1 aliphatic heterocycles. The number of rotatable bonds is 10. The van der Waals surface area contributed by atoms with Crippen molar-refractivity contribution in [1.82, 2.24) is 5.32 Å². The largest absolute Gasteiger partial charge is 0.376 e. The Hall–Kier alpha value is -2.21. The molecular weight excluding hydrogens is 366 g/mol. The van der Waals surface area contributed by atoms with E-state index in [2.05, 4.69) is 17.4 Å². The van der Waals surface area contributed by atoms with Gasteiger partial charge < -0.3 is 19.5 Å². The van der Waals surface area contributed by atoms with E-state index in [9.17, 15) is 4.79 Å². The van der Waals surface area contributed by atoms with E-state index >= 15 is 0 Å². The molecule has 2 aromatic rings. The number of carbonyl (C=O) groups excluding carboxylic acids is 1. The van der Waals surface area contributed by atoms with Crippen molar-refractivity contribution in [2.24, 2.45) is 0 Å². The zero-order chi connectivity index (χ0) is 20.3. The van der Waals surface area contributed by atoms with Crippen LogP contribution in [-0.4, -0.2) is 31.3 Å². The zero-order valence-electron chi connectivity index (χ0n) is 17.1. The van der Waals surface area contributed by atoms with Gasteiger partial charge in [-0.05, 0) is 42.9 Å². The highest BCUT2D eigenvalue weighted by atomic mass is 16.5. The van der Waals surface area contributed by atoms with Gasteiger partial charge in [0.2, 0.25) is 5.91 Å². The molecule has 1 N–H and O–H groups in total. The minimum absolute atomic E-state index is 0.101. The standard InChI is InChI=1S/C24H31NO4/c1-19(29-18-23-9-5-6-14-28-23)24(26)25-15-20-10-12-22(13-11-20)17-27-16-21-7-3-2-4-8-21/h2-4,7-8,10-13,19,23H,5-6,9,14-18H2,1H3,(H,25,26). The van der Waals surface area contributed by atoms with Gasteiger partial charge in [-0.15, -0.1) is 0 Å². The van der Waals surface area contributed by atoms with Crippen molar-refractivity contribution in [3.05, 3.63) is 71.3 Å². The highest BCUT2D eigenvalue weighted by Crippen LogP contribution is 2.13. The number of carbonyl (C=O) groups is 1. The first kappa shape index (κ1) is 21.5. The van der Waals surface area contributed by atoms with Crippen LogP contribution in [0, 0.1) is 0 Å². The van der Waals surface area contributed by atoms with Gasteiger partial charge in [-0.2, -0.15) is 0 Å². The number of benzene rings is 2. The smallest absolute Gasteiger partial charge is 0.249 e. The molecule has 1 heterocycles. The second-order valence-corrected chi connectivity index (χ2v) is 7.48. The van der Waals surface area contributed by atoms with Gasteiger partial charge in [0.25, 0.3) is 0 Å². The van der Waals surface area contributed by atoms with E-state index in [1.54, 1.807) is 6.92 Å². The minimum Gasteiger partial charge on any atom is -0.376 e. The van der Waals surface area contributed by atoms with E-state index in [4.69, 9.17) is 14.2 Å². The van der Waals surface area contributed by atoms with E-state index in [0.717, 1.165) is 30.6 Å². The summed E-state index contributed by atoms with van der Waals surface area (Å²) in [5.41, 5.74) is 3.33. The van der Waals surface area contributed by atoms with Crippen LogP contribution in [0.1, 0.15) is 42.9 Å². The van der Waals surface area contributed by atoms with E-state index < -0.39 is 6.10 Å². The molecule has 1 fully saturated rings. The SMILES string of the molecule is CC(OCC1CCCCO1)C(=O)NCc1ccc(COCc2ccccc2)cc1. The highest BCUT2D eigenvalue weighted by molar-refractivity contribution is 5.80. The third kappa shape index (κ3) is 7.61. The molecule has 0 spiro atoms. The molecule has 29 heavy (non-hydrogen) atoms. The molecule has 1 aliphatic rings. The lowest BCUT2D eigenvalue weighted by Gasteiger charge is -2.23. The van der Waals surface area contributed by atoms with Crippen molar-refractivity contribution < 1.29 is 19.0 Å². The fourth-order valence-electron chi connectivity index (χ4n) is 3.21. The Balaban J connectivity index is 1.33. The van der Waals surface area contributed by atoms with Crippen LogP contribution in [0.3, 0.4) is 0 Å². The van der Waals surface area contributed by atoms with Gasteiger partial charge in [0.1, 0.15) is 6.10 Å². The molecule has 2 unspecified atom stereocenters. The monoisotopic (exact) mass is 397 g/mol. The molecule has 3 rings (SSSR count). The van der Waals surface area contributed by atoms with Gasteiger partial charge in [0, 0.05) is 13.2 Å². The second kappa shape index (κ2) is 11.7. The maximum atomic E-state index is 12.2. The first-order valence-corrected chi connectivity index (χ1v) is 10.4. The third-order valence-corrected chi connectivity index (χ3v) is 5.05. The molecule has 0 saturated carbocycles. The van der Waals surface area contributed by atoms with E-state index in [-0.39, 0.29) is 12.0 Å². The summed E-state index contributed by atoms with van der Waals surface area (Å²) in [6, 6.07) is 18.2. The summed E-state index contributed by atoms with van der Waals surface area (Å²) >= 11 is 0. The number of ether oxygens (including phenoxy) is 3. The van der Waals surface area contributed by atoms with Crippen LogP contribution in [-0.2, 0) is 38.8 Å². The van der Waals surface area contributed by atoms with Crippen LogP contribution in [0.2, 0.25) is 0 Å². The number of hydrogen-bond acceptors (Lipinski definition) is 4. The van der Waals surface area contributed by atoms with Crippen molar-refractivity contribution in [2.45, 2.75) is 58.2 Å². The molecule has 5 heteroatoms. The maximum absolute atomic E-state index is 12.2. The molecule has 5 nitrogen and oxygen atoms in total. The quantitative estimate of drug-likeness (QED) is 0.659. The fourth-order valence-corrected chi connectivity index (χ4v) is 3.21. The Morgan fingerprint density at radius 2 is 1.72 bits per heavy atom. The predicted octanol–water partition coefficient (Wildman–Crippen LogP) is 3.99. The Labute approximate surface area is 173 Å². The summed E-state index contributed by atoms with van der Waals surface area (Å²) in [5.74, 6) is -0.101. The van der Waals surface area contributed by atoms with Crippen LogP contribution in [0.5, 0.6) is 0 Å². The molecule has 1 amide bonds. The van der Waals surface area contributed by atoms with Gasteiger partial charge >= 0.3 is 0 Å². The van der Waals surface area contributed by atoms with Crippen molar-refractivity contribution in [2.75, 3.05) is 13.2 Å². The highest BCUT2D eigenvalue weighted by Gasteiger charge is 2.18. The van der Waals surface area contributed by atoms with Gasteiger partial charge in [0.05, 0.1) is 25.9 Å². The average Bonchev–Trinajstić information content (AvgIpc) is 2.78. The summed E-state index contributed by atoms with van der Waals surface area (Å²) in [6.45, 7) is 4.70. The van der Waals surface area contributed by atoms with E-state index in [1.807, 2.05) is 42.5 Å². The molecular formula is C24H31NO4. The first-order valence-electron chi connectivity index (χ1n) is 10.4. The number of nitrogens with one attached hydrogen (secondary N) is 1. The zero-order valence-corrected chi connectivity index (χ0v) is 17.1. The summed E-state index contributed by atoms with van der Waals surface area (Å²) < 4.78 is 17.1. The van der Waals surface area contributed by atoms with E-state index in [0.29, 0.717) is 26.4 Å². The summed E-state index contributed by atoms with van der Waals surface area (Å²) in [7, 11) is 0. The van der Waals surface area contributed by atoms with Gasteiger partial charge in [-0.25, -0.2) is 0 Å². The number of amides is 1. The third-order valence-electron chi connectivity index (χ3n) is 5.05. The molecule has 1 saturated heterocycles. The predicted molar refractivity (Wildman–Crippen MR) is 112 cm³/mol. The van der Waals surface area contributed by atoms with E-state index in [1.165, 1.54) is 12.0 Å². The van der Waals surface area contributed by atoms with Crippen LogP contribution >= 0.6 is 0 Å². The Morgan fingerprint density at radius 1 is 1.03 bits per heavy atom. The molecule has 2 atom stereocenters. The van der Waals surface area contributed by atoms with Gasteiger partial charge in [-0.1, -0.05) is 54.6 Å². The van der Waals surface area contributed by atoms with Crippen molar-refractivity contribution in [1.29, 1.82) is 0 Å². The Bertz CT molecular complexity index is 726. The molecule has 2 aromatic carbocycles. The first-order chi connectivity index (χ1) is 14.2. The lowest BCUT2D eigenvalue weighted by molar-refractivity contribution is -0.135. The van der Waals surface area contributed by atoms with Gasteiger partial charge in [-0.3, -0.25) is 4.79 Å². The second-order valence-electron chi connectivity index (χ2n) is 7.48. The minimum atomic E-state index is -0.480. The van der Waals surface area contributed by atoms with Crippen LogP contribution < -0.4 is 5.32 Å². The average molecular weight is 398 g/mol. The van der Waals surface area contributed by atoms with Crippen molar-refractivity contribution >= 4 is 5.91 Å². The van der Waals surface area contributed by atoms with Gasteiger partial charge in [0.15, 0.2) is 0 Å². The molecule has 0 aromatic heterocycles. The van der Waals surface area contributed by atoms with Crippen molar-refractivity contribution in [3.8, 4) is 0 Å². The summed E-state index contributed by atoms with van der Waals surface area (Å²) in [5, 5.41) is 2.93.